The highest BCUT2D eigenvalue weighted by molar-refractivity contribution is 7.99. The Bertz CT molecular complexity index is 392. The zero-order valence-corrected chi connectivity index (χ0v) is 11.1. The summed E-state index contributed by atoms with van der Waals surface area (Å²) in [5.74, 6) is 3.42. The van der Waals surface area contributed by atoms with Crippen LogP contribution in [0.3, 0.4) is 0 Å². The summed E-state index contributed by atoms with van der Waals surface area (Å²) in [5.41, 5.74) is 9.32. The first kappa shape index (κ1) is 11.6. The Morgan fingerprint density at radius 2 is 1.94 bits per heavy atom. The molecule has 1 saturated heterocycles. The van der Waals surface area contributed by atoms with Crippen LogP contribution in [0.2, 0.25) is 0 Å². The van der Waals surface area contributed by atoms with E-state index in [4.69, 9.17) is 5.73 Å². The standard InChI is InChI=1S/C15H21NS/c16-15(7-2-8-15)14-4-1-3-13(11-14)12-5-9-17-10-6-12/h1,3-4,11-12H,2,5-10,16H2. The van der Waals surface area contributed by atoms with E-state index in [9.17, 15) is 0 Å². The molecule has 17 heavy (non-hydrogen) atoms. The lowest BCUT2D eigenvalue weighted by atomic mass is 9.72. The summed E-state index contributed by atoms with van der Waals surface area (Å²) in [6.45, 7) is 0. The van der Waals surface area contributed by atoms with Crippen molar-refractivity contribution in [3.05, 3.63) is 35.4 Å². The topological polar surface area (TPSA) is 26.0 Å². The van der Waals surface area contributed by atoms with Crippen LogP contribution >= 0.6 is 11.8 Å². The van der Waals surface area contributed by atoms with Gasteiger partial charge in [0.25, 0.3) is 0 Å². The van der Waals surface area contributed by atoms with E-state index in [-0.39, 0.29) is 5.54 Å². The second kappa shape index (κ2) is 4.66. The van der Waals surface area contributed by atoms with Gasteiger partial charge in [0.2, 0.25) is 0 Å². The molecule has 0 aromatic heterocycles. The van der Waals surface area contributed by atoms with E-state index in [2.05, 4.69) is 36.0 Å². The fourth-order valence-electron chi connectivity index (χ4n) is 2.98. The second-order valence-corrected chi connectivity index (χ2v) is 6.75. The largest absolute Gasteiger partial charge is 0.321 e. The van der Waals surface area contributed by atoms with E-state index in [1.807, 2.05) is 0 Å². The van der Waals surface area contributed by atoms with Crippen LogP contribution in [0.25, 0.3) is 0 Å². The van der Waals surface area contributed by atoms with Crippen molar-refractivity contribution in [1.29, 1.82) is 0 Å². The summed E-state index contributed by atoms with van der Waals surface area (Å²) in [7, 11) is 0. The van der Waals surface area contributed by atoms with Gasteiger partial charge in [0.05, 0.1) is 0 Å². The summed E-state index contributed by atoms with van der Waals surface area (Å²) in [6.07, 6.45) is 6.30. The van der Waals surface area contributed by atoms with Crippen LogP contribution in [0.4, 0.5) is 0 Å². The zero-order valence-electron chi connectivity index (χ0n) is 10.3. The van der Waals surface area contributed by atoms with Crippen LogP contribution in [-0.2, 0) is 5.54 Å². The fraction of sp³-hybridized carbons (Fsp3) is 0.600. The number of thioether (sulfide) groups is 1. The SMILES string of the molecule is NC1(c2cccc(C3CCSCC3)c2)CCC1. The van der Waals surface area contributed by atoms with Crippen molar-refractivity contribution in [2.45, 2.75) is 43.6 Å². The number of nitrogens with two attached hydrogens (primary N) is 1. The van der Waals surface area contributed by atoms with Gasteiger partial charge in [-0.1, -0.05) is 24.3 Å². The highest BCUT2D eigenvalue weighted by atomic mass is 32.2. The van der Waals surface area contributed by atoms with Crippen molar-refractivity contribution in [3.63, 3.8) is 0 Å². The van der Waals surface area contributed by atoms with Crippen molar-refractivity contribution in [2.75, 3.05) is 11.5 Å². The van der Waals surface area contributed by atoms with Crippen LogP contribution < -0.4 is 5.73 Å². The molecule has 0 bridgehead atoms. The molecule has 2 fully saturated rings. The first-order valence-corrected chi connectivity index (χ1v) is 7.90. The number of hydrogen-bond donors (Lipinski definition) is 1. The Hall–Kier alpha value is -0.470. The van der Waals surface area contributed by atoms with Crippen molar-refractivity contribution in [2.24, 2.45) is 5.73 Å². The second-order valence-electron chi connectivity index (χ2n) is 5.52. The molecule has 2 aliphatic rings. The third kappa shape index (κ3) is 2.25. The number of rotatable bonds is 2. The third-order valence-electron chi connectivity index (χ3n) is 4.40. The number of benzene rings is 1. The van der Waals surface area contributed by atoms with Gasteiger partial charge < -0.3 is 5.73 Å². The highest BCUT2D eigenvalue weighted by Gasteiger charge is 2.34. The molecule has 0 radical (unpaired) electrons. The van der Waals surface area contributed by atoms with Crippen molar-refractivity contribution < 1.29 is 0 Å². The maximum absolute atomic E-state index is 6.42. The quantitative estimate of drug-likeness (QED) is 0.863. The monoisotopic (exact) mass is 247 g/mol. The Morgan fingerprint density at radius 3 is 2.59 bits per heavy atom. The lowest BCUT2D eigenvalue weighted by Crippen LogP contribution is -2.43. The molecule has 92 valence electrons. The lowest BCUT2D eigenvalue weighted by Gasteiger charge is -2.39. The molecule has 1 saturated carbocycles. The van der Waals surface area contributed by atoms with Gasteiger partial charge in [-0.3, -0.25) is 0 Å². The molecule has 0 amide bonds. The molecular weight excluding hydrogens is 226 g/mol. The summed E-state index contributed by atoms with van der Waals surface area (Å²) < 4.78 is 0. The molecule has 3 rings (SSSR count). The van der Waals surface area contributed by atoms with Gasteiger partial charge in [0.15, 0.2) is 0 Å². The van der Waals surface area contributed by atoms with Crippen molar-refractivity contribution in [1.82, 2.24) is 0 Å². The van der Waals surface area contributed by atoms with Crippen LogP contribution in [0.5, 0.6) is 0 Å². The van der Waals surface area contributed by atoms with Gasteiger partial charge in [-0.25, -0.2) is 0 Å². The van der Waals surface area contributed by atoms with E-state index in [0.29, 0.717) is 0 Å². The van der Waals surface area contributed by atoms with Crippen LogP contribution in [0, 0.1) is 0 Å². The van der Waals surface area contributed by atoms with Gasteiger partial charge >= 0.3 is 0 Å². The Balaban J connectivity index is 1.83. The molecule has 1 aliphatic carbocycles. The molecule has 2 heteroatoms. The van der Waals surface area contributed by atoms with Gasteiger partial charge in [-0.15, -0.1) is 0 Å². The Labute approximate surface area is 108 Å². The summed E-state index contributed by atoms with van der Waals surface area (Å²) in [6, 6.07) is 9.12. The first-order valence-electron chi connectivity index (χ1n) is 6.75. The average molecular weight is 247 g/mol. The maximum atomic E-state index is 6.42. The smallest absolute Gasteiger partial charge is 0.0409 e. The van der Waals surface area contributed by atoms with Crippen LogP contribution in [0.15, 0.2) is 24.3 Å². The number of hydrogen-bond acceptors (Lipinski definition) is 2. The Morgan fingerprint density at radius 1 is 1.18 bits per heavy atom. The maximum Gasteiger partial charge on any atom is 0.0409 e. The molecule has 2 N–H and O–H groups in total. The predicted molar refractivity (Wildman–Crippen MR) is 75.5 cm³/mol. The fourth-order valence-corrected chi connectivity index (χ4v) is 4.09. The van der Waals surface area contributed by atoms with E-state index < -0.39 is 0 Å². The molecule has 1 aromatic rings. The molecule has 1 heterocycles. The molecule has 1 aromatic carbocycles. The van der Waals surface area contributed by atoms with E-state index in [1.165, 1.54) is 41.9 Å². The third-order valence-corrected chi connectivity index (χ3v) is 5.45. The van der Waals surface area contributed by atoms with Gasteiger partial charge in [-0.05, 0) is 60.7 Å². The molecule has 0 spiro atoms. The lowest BCUT2D eigenvalue weighted by molar-refractivity contribution is 0.253. The molecule has 1 nitrogen and oxygen atoms in total. The minimum absolute atomic E-state index is 0.000569. The molecule has 1 aliphatic heterocycles. The van der Waals surface area contributed by atoms with Crippen LogP contribution in [0.1, 0.15) is 49.1 Å². The van der Waals surface area contributed by atoms with Gasteiger partial charge in [-0.2, -0.15) is 11.8 Å². The average Bonchev–Trinajstić information content (AvgIpc) is 2.37. The van der Waals surface area contributed by atoms with Gasteiger partial charge in [0.1, 0.15) is 0 Å². The first-order chi connectivity index (χ1) is 8.28. The minimum Gasteiger partial charge on any atom is -0.321 e. The van der Waals surface area contributed by atoms with E-state index in [1.54, 1.807) is 0 Å². The molecule has 0 unspecified atom stereocenters. The van der Waals surface area contributed by atoms with Crippen molar-refractivity contribution in [3.8, 4) is 0 Å². The summed E-state index contributed by atoms with van der Waals surface area (Å²) in [4.78, 5) is 0. The van der Waals surface area contributed by atoms with E-state index >= 15 is 0 Å². The molecular formula is C15H21NS. The summed E-state index contributed by atoms with van der Waals surface area (Å²) in [5, 5.41) is 0. The zero-order chi connectivity index (χ0) is 11.7. The highest BCUT2D eigenvalue weighted by Crippen LogP contribution is 2.40. The van der Waals surface area contributed by atoms with Gasteiger partial charge in [0, 0.05) is 5.54 Å². The minimum atomic E-state index is -0.000569. The normalized spacial score (nSPS) is 24.3. The predicted octanol–water partition coefficient (Wildman–Crippen LogP) is 3.64. The van der Waals surface area contributed by atoms with E-state index in [0.717, 1.165) is 18.8 Å². The molecule has 0 atom stereocenters. The van der Waals surface area contributed by atoms with Crippen molar-refractivity contribution >= 4 is 11.8 Å². The Kier molecular flexibility index (Phi) is 3.18. The summed E-state index contributed by atoms with van der Waals surface area (Å²) >= 11 is 2.09. The van der Waals surface area contributed by atoms with Crippen LogP contribution in [-0.4, -0.2) is 11.5 Å².